The number of carbonyl (C=O) groups is 2. The number of ketones is 1. The molecule has 5 aliphatic rings. The molecule has 0 aromatic carbocycles. The highest BCUT2D eigenvalue weighted by Crippen LogP contribution is 2.66. The molecule has 0 amide bonds. The largest absolute Gasteiger partial charge is 0.451 e. The second kappa shape index (κ2) is 5.18. The van der Waals surface area contributed by atoms with Crippen molar-refractivity contribution in [2.24, 2.45) is 23.2 Å². The molecule has 1 aliphatic heterocycles. The van der Waals surface area contributed by atoms with Crippen LogP contribution in [0.15, 0.2) is 35.5 Å². The quantitative estimate of drug-likeness (QED) is 0.670. The van der Waals surface area contributed by atoms with E-state index in [0.29, 0.717) is 30.0 Å². The molecule has 1 spiro atoms. The molecule has 3 heteroatoms. The zero-order valence-electron chi connectivity index (χ0n) is 14.9. The molecule has 4 aliphatic carbocycles. The predicted molar refractivity (Wildman–Crippen MR) is 94.6 cm³/mol. The third-order valence-electron chi connectivity index (χ3n) is 8.05. The highest BCUT2D eigenvalue weighted by molar-refractivity contribution is 5.85. The third kappa shape index (κ3) is 1.93. The third-order valence-corrected chi connectivity index (χ3v) is 8.05. The van der Waals surface area contributed by atoms with E-state index in [2.05, 4.69) is 25.2 Å². The number of esters is 1. The van der Waals surface area contributed by atoms with Crippen LogP contribution in [0, 0.1) is 23.2 Å². The van der Waals surface area contributed by atoms with Crippen LogP contribution < -0.4 is 0 Å². The standard InChI is InChI=1S/C22H26O3/c1-2-21-10-7-17-16-6-4-15(23)13-14(16)3-5-18(17)19(21)8-11-22(21)12-9-20(24)25-22/h3,5,9,12,17-19H,2,4,6-8,10-11,13H2,1H3/t17?,18?,19?,21-,22+/m0/s1. The first-order valence-corrected chi connectivity index (χ1v) is 9.93. The van der Waals surface area contributed by atoms with Crippen LogP contribution in [0.3, 0.4) is 0 Å². The van der Waals surface area contributed by atoms with Crippen molar-refractivity contribution >= 4 is 11.8 Å². The summed E-state index contributed by atoms with van der Waals surface area (Å²) in [5.74, 6) is 1.96. The number of carbonyl (C=O) groups excluding carboxylic acids is 2. The zero-order chi connectivity index (χ0) is 17.2. The minimum atomic E-state index is -0.362. The van der Waals surface area contributed by atoms with Gasteiger partial charge in [-0.15, -0.1) is 0 Å². The van der Waals surface area contributed by atoms with E-state index in [4.69, 9.17) is 4.74 Å². The van der Waals surface area contributed by atoms with E-state index >= 15 is 0 Å². The van der Waals surface area contributed by atoms with Gasteiger partial charge in [0.05, 0.1) is 0 Å². The number of hydrogen-bond acceptors (Lipinski definition) is 3. The maximum absolute atomic E-state index is 11.9. The average molecular weight is 338 g/mol. The van der Waals surface area contributed by atoms with E-state index in [1.807, 2.05) is 0 Å². The lowest BCUT2D eigenvalue weighted by atomic mass is 9.52. The highest BCUT2D eigenvalue weighted by Gasteiger charge is 2.65. The van der Waals surface area contributed by atoms with E-state index in [1.165, 1.54) is 12.0 Å². The Bertz CT molecular complexity index is 742. The van der Waals surface area contributed by atoms with Crippen LogP contribution in [0.25, 0.3) is 0 Å². The molecule has 0 radical (unpaired) electrons. The average Bonchev–Trinajstić information content (AvgIpc) is 3.16. The first-order chi connectivity index (χ1) is 12.1. The molecule has 0 N–H and O–H groups in total. The SMILES string of the molecule is CC[C@]12CCC3C4=C(C=CC3C1CC[C@@]21C=CC(=O)O1)CC(=O)CC4. The van der Waals surface area contributed by atoms with Gasteiger partial charge in [-0.25, -0.2) is 4.79 Å². The van der Waals surface area contributed by atoms with Crippen LogP contribution in [-0.4, -0.2) is 17.4 Å². The number of ether oxygens (including phenoxy) is 1. The summed E-state index contributed by atoms with van der Waals surface area (Å²) in [6.45, 7) is 2.27. The summed E-state index contributed by atoms with van der Waals surface area (Å²) < 4.78 is 5.94. The zero-order valence-corrected chi connectivity index (χ0v) is 14.9. The number of rotatable bonds is 1. The molecule has 132 valence electrons. The van der Waals surface area contributed by atoms with Crippen molar-refractivity contribution in [3.63, 3.8) is 0 Å². The molecule has 0 aromatic heterocycles. The maximum Gasteiger partial charge on any atom is 0.331 e. The van der Waals surface area contributed by atoms with E-state index < -0.39 is 0 Å². The van der Waals surface area contributed by atoms with Crippen molar-refractivity contribution < 1.29 is 14.3 Å². The van der Waals surface area contributed by atoms with Gasteiger partial charge in [-0.2, -0.15) is 0 Å². The fourth-order valence-corrected chi connectivity index (χ4v) is 6.98. The van der Waals surface area contributed by atoms with E-state index in [0.717, 1.165) is 38.5 Å². The number of Topliss-reactive ketones (excluding diaryl/α,β-unsaturated/α-hetero) is 1. The number of fused-ring (bicyclic) bond motifs is 5. The van der Waals surface area contributed by atoms with Crippen LogP contribution >= 0.6 is 0 Å². The Morgan fingerprint density at radius 1 is 1.16 bits per heavy atom. The molecule has 3 unspecified atom stereocenters. The second-order valence-electron chi connectivity index (χ2n) is 8.65. The smallest absolute Gasteiger partial charge is 0.331 e. The van der Waals surface area contributed by atoms with Gasteiger partial charge in [0, 0.05) is 24.3 Å². The Kier molecular flexibility index (Phi) is 3.24. The summed E-state index contributed by atoms with van der Waals surface area (Å²) in [6.07, 6.45) is 16.2. The molecule has 0 saturated heterocycles. The van der Waals surface area contributed by atoms with Crippen molar-refractivity contribution in [3.8, 4) is 0 Å². The molecule has 5 atom stereocenters. The topological polar surface area (TPSA) is 43.4 Å². The molecule has 25 heavy (non-hydrogen) atoms. The minimum Gasteiger partial charge on any atom is -0.451 e. The van der Waals surface area contributed by atoms with Gasteiger partial charge in [0.15, 0.2) is 0 Å². The minimum absolute atomic E-state index is 0.0870. The molecule has 5 rings (SSSR count). The molecule has 2 fully saturated rings. The van der Waals surface area contributed by atoms with E-state index in [1.54, 1.807) is 11.6 Å². The Morgan fingerprint density at radius 3 is 2.80 bits per heavy atom. The van der Waals surface area contributed by atoms with Crippen LogP contribution in [0.2, 0.25) is 0 Å². The molecule has 0 bridgehead atoms. The lowest BCUT2D eigenvalue weighted by Crippen LogP contribution is -2.52. The van der Waals surface area contributed by atoms with Crippen LogP contribution in [0.1, 0.15) is 58.3 Å². The maximum atomic E-state index is 11.9. The van der Waals surface area contributed by atoms with Gasteiger partial charge < -0.3 is 4.74 Å². The van der Waals surface area contributed by atoms with E-state index in [9.17, 15) is 9.59 Å². The van der Waals surface area contributed by atoms with Crippen LogP contribution in [0.5, 0.6) is 0 Å². The van der Waals surface area contributed by atoms with Crippen molar-refractivity contribution in [3.05, 3.63) is 35.5 Å². The molecule has 0 aromatic rings. The molecule has 1 heterocycles. The molecule has 2 saturated carbocycles. The van der Waals surface area contributed by atoms with Gasteiger partial charge in [0.25, 0.3) is 0 Å². The van der Waals surface area contributed by atoms with Gasteiger partial charge in [-0.3, -0.25) is 4.79 Å². The van der Waals surface area contributed by atoms with E-state index in [-0.39, 0.29) is 17.0 Å². The van der Waals surface area contributed by atoms with Crippen molar-refractivity contribution in [1.29, 1.82) is 0 Å². The van der Waals surface area contributed by atoms with Crippen molar-refractivity contribution in [2.75, 3.05) is 0 Å². The van der Waals surface area contributed by atoms with Gasteiger partial charge >= 0.3 is 5.97 Å². The first kappa shape index (κ1) is 15.6. The monoisotopic (exact) mass is 338 g/mol. The summed E-state index contributed by atoms with van der Waals surface area (Å²) >= 11 is 0. The fourth-order valence-electron chi connectivity index (χ4n) is 6.98. The Morgan fingerprint density at radius 2 is 2.04 bits per heavy atom. The summed E-state index contributed by atoms with van der Waals surface area (Å²) in [4.78, 5) is 23.7. The molecular formula is C22H26O3. The number of allylic oxidation sites excluding steroid dienone is 4. The van der Waals surface area contributed by atoms with Gasteiger partial charge in [0.1, 0.15) is 11.4 Å². The molecule has 3 nitrogen and oxygen atoms in total. The molecular weight excluding hydrogens is 312 g/mol. The lowest BCUT2D eigenvalue weighted by Gasteiger charge is -2.53. The number of hydrogen-bond donors (Lipinski definition) is 0. The Labute approximate surface area is 149 Å². The van der Waals surface area contributed by atoms with Crippen molar-refractivity contribution in [2.45, 2.75) is 63.9 Å². The van der Waals surface area contributed by atoms with Crippen LogP contribution in [-0.2, 0) is 14.3 Å². The van der Waals surface area contributed by atoms with Gasteiger partial charge in [-0.1, -0.05) is 24.6 Å². The summed E-state index contributed by atoms with van der Waals surface area (Å²) in [5, 5.41) is 0. The van der Waals surface area contributed by atoms with Crippen molar-refractivity contribution in [1.82, 2.24) is 0 Å². The normalized spacial score (nSPS) is 44.8. The fraction of sp³-hybridized carbons (Fsp3) is 0.636. The Hall–Kier alpha value is -1.64. The summed E-state index contributed by atoms with van der Waals surface area (Å²) in [7, 11) is 0. The first-order valence-electron chi connectivity index (χ1n) is 9.93. The summed E-state index contributed by atoms with van der Waals surface area (Å²) in [5.41, 5.74) is 2.60. The Balaban J connectivity index is 1.52. The van der Waals surface area contributed by atoms with Gasteiger partial charge in [0.2, 0.25) is 0 Å². The van der Waals surface area contributed by atoms with Crippen LogP contribution in [0.4, 0.5) is 0 Å². The summed E-state index contributed by atoms with van der Waals surface area (Å²) in [6, 6.07) is 0. The second-order valence-corrected chi connectivity index (χ2v) is 8.65. The predicted octanol–water partition coefficient (Wildman–Crippen LogP) is 4.29. The highest BCUT2D eigenvalue weighted by atomic mass is 16.6. The lowest BCUT2D eigenvalue weighted by molar-refractivity contribution is -0.161. The van der Waals surface area contributed by atoms with Gasteiger partial charge in [-0.05, 0) is 67.9 Å².